The minimum absolute atomic E-state index is 0.0743. The van der Waals surface area contributed by atoms with Crippen molar-refractivity contribution < 1.29 is 14.3 Å². The maximum Gasteiger partial charge on any atom is 0.293 e. The zero-order chi connectivity index (χ0) is 5.11. The van der Waals surface area contributed by atoms with E-state index in [1.165, 1.54) is 6.61 Å². The van der Waals surface area contributed by atoms with Crippen LogP contribution in [0.4, 0.5) is 0 Å². The molecule has 1 aliphatic heterocycles. The van der Waals surface area contributed by atoms with Gasteiger partial charge in [-0.25, -0.2) is 0 Å². The zero-order valence-corrected chi connectivity index (χ0v) is 3.66. The van der Waals surface area contributed by atoms with Crippen molar-refractivity contribution in [2.45, 2.75) is 6.10 Å². The van der Waals surface area contributed by atoms with E-state index in [1.54, 1.807) is 0 Å². The summed E-state index contributed by atoms with van der Waals surface area (Å²) in [6, 6.07) is 0. The van der Waals surface area contributed by atoms with E-state index in [1.807, 2.05) is 0 Å². The third kappa shape index (κ3) is 1.55. The molecule has 0 spiro atoms. The lowest BCUT2D eigenvalue weighted by Crippen LogP contribution is -1.89. The van der Waals surface area contributed by atoms with Crippen LogP contribution in [0, 0.1) is 6.61 Å². The number of hydrogen-bond acceptors (Lipinski definition) is 3. The minimum atomic E-state index is 0.0743. The Morgan fingerprint density at radius 1 is 1.86 bits per heavy atom. The highest BCUT2D eigenvalue weighted by molar-refractivity contribution is 5.37. The summed E-state index contributed by atoms with van der Waals surface area (Å²) < 4.78 is 8.90. The van der Waals surface area contributed by atoms with Crippen molar-refractivity contribution in [3.8, 4) is 0 Å². The fraction of sp³-hybridized carbons (Fsp3) is 0.500. The van der Waals surface area contributed by atoms with Gasteiger partial charge in [-0.05, 0) is 0 Å². The number of epoxide rings is 1. The van der Waals surface area contributed by atoms with Gasteiger partial charge in [0.1, 0.15) is 6.10 Å². The van der Waals surface area contributed by atoms with Gasteiger partial charge in [0, 0.05) is 0 Å². The first kappa shape index (κ1) is 4.59. The third-order valence-electron chi connectivity index (χ3n) is 0.645. The number of rotatable bonds is 3. The van der Waals surface area contributed by atoms with Crippen LogP contribution < -0.4 is 0 Å². The molecular weight excluding hydrogens is 96.0 g/mol. The molecule has 1 rings (SSSR count). The van der Waals surface area contributed by atoms with Gasteiger partial charge in [0.2, 0.25) is 0 Å². The van der Waals surface area contributed by atoms with Gasteiger partial charge in [-0.2, -0.15) is 0 Å². The largest absolute Gasteiger partial charge is 0.458 e. The summed E-state index contributed by atoms with van der Waals surface area (Å²) in [6.45, 7) is 2.43. The fourth-order valence-corrected chi connectivity index (χ4v) is 0.254. The molecule has 1 atom stereocenters. The lowest BCUT2D eigenvalue weighted by Gasteiger charge is -1.85. The van der Waals surface area contributed by atoms with Crippen molar-refractivity contribution in [3.05, 3.63) is 6.61 Å². The number of ether oxygens (including phenoxy) is 2. The molecule has 0 saturated carbocycles. The van der Waals surface area contributed by atoms with E-state index in [-0.39, 0.29) is 6.10 Å². The van der Waals surface area contributed by atoms with Gasteiger partial charge in [0.25, 0.3) is 6.47 Å². The van der Waals surface area contributed by atoms with E-state index < -0.39 is 0 Å². The molecule has 0 bridgehead atoms. The molecule has 0 amide bonds. The van der Waals surface area contributed by atoms with Crippen LogP contribution in [0.15, 0.2) is 0 Å². The monoisotopic (exact) mass is 101 g/mol. The SMILES string of the molecule is O=CO[CH]C1CO1. The Hall–Kier alpha value is -0.570. The van der Waals surface area contributed by atoms with Crippen molar-refractivity contribution in [2.75, 3.05) is 6.61 Å². The van der Waals surface area contributed by atoms with Crippen molar-refractivity contribution in [3.63, 3.8) is 0 Å². The molecule has 0 aromatic carbocycles. The van der Waals surface area contributed by atoms with Crippen molar-refractivity contribution in [2.24, 2.45) is 0 Å². The number of carbonyl (C=O) groups is 1. The Balaban J connectivity index is 1.88. The van der Waals surface area contributed by atoms with E-state index in [9.17, 15) is 4.79 Å². The minimum Gasteiger partial charge on any atom is -0.458 e. The Morgan fingerprint density at radius 3 is 3.00 bits per heavy atom. The lowest BCUT2D eigenvalue weighted by molar-refractivity contribution is -0.126. The normalized spacial score (nSPS) is 26.6. The summed E-state index contributed by atoms with van der Waals surface area (Å²) in [4.78, 5) is 9.43. The molecule has 0 aromatic rings. The van der Waals surface area contributed by atoms with Crippen molar-refractivity contribution >= 4 is 6.47 Å². The Kier molecular flexibility index (Phi) is 1.26. The highest BCUT2D eigenvalue weighted by Gasteiger charge is 2.23. The first-order chi connectivity index (χ1) is 3.43. The van der Waals surface area contributed by atoms with Gasteiger partial charge in [-0.1, -0.05) is 0 Å². The average Bonchev–Trinajstić information content (AvgIpc) is 2.42. The lowest BCUT2D eigenvalue weighted by atomic mass is 10.5. The molecule has 0 N–H and O–H groups in total. The average molecular weight is 101 g/mol. The molecule has 1 heterocycles. The summed E-state index contributed by atoms with van der Waals surface area (Å²) in [7, 11) is 0. The van der Waals surface area contributed by atoms with Gasteiger partial charge in [0.05, 0.1) is 6.61 Å². The van der Waals surface area contributed by atoms with E-state index in [2.05, 4.69) is 9.47 Å². The second-order valence-corrected chi connectivity index (χ2v) is 1.24. The van der Waals surface area contributed by atoms with Crippen LogP contribution in [-0.4, -0.2) is 19.2 Å². The second-order valence-electron chi connectivity index (χ2n) is 1.24. The smallest absolute Gasteiger partial charge is 0.293 e. The van der Waals surface area contributed by atoms with Gasteiger partial charge < -0.3 is 9.47 Å². The molecule has 1 radical (unpaired) electrons. The van der Waals surface area contributed by atoms with Gasteiger partial charge in [-0.15, -0.1) is 0 Å². The molecule has 0 aliphatic carbocycles. The van der Waals surface area contributed by atoms with Crippen LogP contribution in [0.1, 0.15) is 0 Å². The first-order valence-corrected chi connectivity index (χ1v) is 1.97. The highest BCUT2D eigenvalue weighted by Crippen LogP contribution is 2.11. The first-order valence-electron chi connectivity index (χ1n) is 1.97. The summed E-state index contributed by atoms with van der Waals surface area (Å²) in [5.74, 6) is 0. The number of hydrogen-bond donors (Lipinski definition) is 0. The topological polar surface area (TPSA) is 38.8 Å². The Labute approximate surface area is 41.2 Å². The molecule has 1 aliphatic rings. The molecule has 1 saturated heterocycles. The quantitative estimate of drug-likeness (QED) is 0.362. The molecule has 7 heavy (non-hydrogen) atoms. The van der Waals surface area contributed by atoms with Crippen LogP contribution in [-0.2, 0) is 14.3 Å². The summed E-state index contributed by atoms with van der Waals surface area (Å²) in [5.41, 5.74) is 0. The van der Waals surface area contributed by atoms with Crippen LogP contribution >= 0.6 is 0 Å². The number of carbonyl (C=O) groups excluding carboxylic acids is 1. The van der Waals surface area contributed by atoms with E-state index in [4.69, 9.17) is 0 Å². The van der Waals surface area contributed by atoms with Gasteiger partial charge in [-0.3, -0.25) is 4.79 Å². The zero-order valence-electron chi connectivity index (χ0n) is 3.66. The molecule has 1 unspecified atom stereocenters. The summed E-state index contributed by atoms with van der Waals surface area (Å²) in [5, 5.41) is 0. The Bertz CT molecular complexity index is 67.3. The molecule has 3 heteroatoms. The van der Waals surface area contributed by atoms with Crippen molar-refractivity contribution in [1.29, 1.82) is 0 Å². The highest BCUT2D eigenvalue weighted by atomic mass is 16.6. The molecule has 0 aromatic heterocycles. The third-order valence-corrected chi connectivity index (χ3v) is 0.645. The van der Waals surface area contributed by atoms with Crippen molar-refractivity contribution in [1.82, 2.24) is 0 Å². The summed E-state index contributed by atoms with van der Waals surface area (Å²) >= 11 is 0. The maximum atomic E-state index is 9.43. The maximum absolute atomic E-state index is 9.43. The van der Waals surface area contributed by atoms with E-state index in [0.717, 1.165) is 0 Å². The van der Waals surface area contributed by atoms with Gasteiger partial charge >= 0.3 is 0 Å². The fourth-order valence-electron chi connectivity index (χ4n) is 0.254. The van der Waals surface area contributed by atoms with Crippen LogP contribution in [0.2, 0.25) is 0 Å². The Morgan fingerprint density at radius 2 is 2.57 bits per heavy atom. The standard InChI is InChI=1S/C4H5O3/c5-3-6-1-4-2-7-4/h1,3-4H,2H2. The second kappa shape index (κ2) is 1.93. The molecule has 1 fully saturated rings. The predicted molar refractivity (Wildman–Crippen MR) is 21.2 cm³/mol. The molecular formula is C4H5O3. The van der Waals surface area contributed by atoms with Crippen LogP contribution in [0.3, 0.4) is 0 Å². The summed E-state index contributed by atoms with van der Waals surface area (Å²) in [6.07, 6.45) is 0.0743. The molecule has 3 nitrogen and oxygen atoms in total. The molecule has 39 valence electrons. The van der Waals surface area contributed by atoms with Crippen LogP contribution in [0.25, 0.3) is 0 Å². The van der Waals surface area contributed by atoms with Crippen LogP contribution in [0.5, 0.6) is 0 Å². The van der Waals surface area contributed by atoms with E-state index >= 15 is 0 Å². The predicted octanol–water partition coefficient (Wildman–Crippen LogP) is -0.280. The van der Waals surface area contributed by atoms with E-state index in [0.29, 0.717) is 13.1 Å². The van der Waals surface area contributed by atoms with Gasteiger partial charge in [0.15, 0.2) is 6.61 Å².